The summed E-state index contributed by atoms with van der Waals surface area (Å²) in [6.45, 7) is 9.20. The van der Waals surface area contributed by atoms with E-state index in [1.54, 1.807) is 7.11 Å². The fourth-order valence-corrected chi connectivity index (χ4v) is 4.05. The molecular weight excluding hydrogens is 286 g/mol. The van der Waals surface area contributed by atoms with E-state index in [1.807, 2.05) is 0 Å². The van der Waals surface area contributed by atoms with Crippen LogP contribution in [0.15, 0.2) is 24.3 Å². The zero-order valence-electron chi connectivity index (χ0n) is 14.6. The van der Waals surface area contributed by atoms with Gasteiger partial charge in [-0.1, -0.05) is 24.6 Å². The number of rotatable bonds is 5. The molecule has 4 heteroatoms. The van der Waals surface area contributed by atoms with Gasteiger partial charge in [-0.05, 0) is 32.4 Å². The van der Waals surface area contributed by atoms with E-state index >= 15 is 0 Å². The second-order valence-corrected chi connectivity index (χ2v) is 6.89. The maximum atomic E-state index is 5.68. The summed E-state index contributed by atoms with van der Waals surface area (Å²) in [6, 6.07) is 9.67. The smallest absolute Gasteiger partial charge is 0.123 e. The van der Waals surface area contributed by atoms with E-state index in [-0.39, 0.29) is 0 Å². The molecule has 1 aromatic rings. The van der Waals surface area contributed by atoms with E-state index in [9.17, 15) is 0 Å². The third kappa shape index (κ3) is 4.06. The highest BCUT2D eigenvalue weighted by atomic mass is 16.5. The van der Waals surface area contributed by atoms with Crippen molar-refractivity contribution >= 4 is 0 Å². The van der Waals surface area contributed by atoms with Gasteiger partial charge < -0.3 is 10.1 Å². The van der Waals surface area contributed by atoms with Gasteiger partial charge in [0.25, 0.3) is 0 Å². The Balaban J connectivity index is 1.85. The Morgan fingerprint density at radius 2 is 1.96 bits per heavy atom. The summed E-state index contributed by atoms with van der Waals surface area (Å²) in [4.78, 5) is 5.32. The van der Waals surface area contributed by atoms with Gasteiger partial charge in [0.1, 0.15) is 5.75 Å². The first kappa shape index (κ1) is 16.7. The lowest BCUT2D eigenvalue weighted by molar-refractivity contribution is 0.0709. The fraction of sp³-hybridized carbons (Fsp3) is 0.684. The average Bonchev–Trinajstić information content (AvgIpc) is 2.61. The Labute approximate surface area is 140 Å². The highest BCUT2D eigenvalue weighted by molar-refractivity contribution is 5.36. The first-order valence-electron chi connectivity index (χ1n) is 9.11. The minimum absolute atomic E-state index is 0.430. The maximum Gasteiger partial charge on any atom is 0.123 e. The van der Waals surface area contributed by atoms with Crippen molar-refractivity contribution in [1.82, 2.24) is 15.1 Å². The third-order valence-electron chi connectivity index (χ3n) is 5.39. The van der Waals surface area contributed by atoms with E-state index in [4.69, 9.17) is 4.74 Å². The number of nitrogens with zero attached hydrogens (tertiary/aromatic N) is 2. The number of piperidine rings is 1. The molecule has 0 bridgehead atoms. The predicted octanol–water partition coefficient (Wildman–Crippen LogP) is 2.52. The molecule has 0 radical (unpaired) electrons. The number of nitrogens with one attached hydrogen (secondary N) is 1. The summed E-state index contributed by atoms with van der Waals surface area (Å²) < 4.78 is 5.68. The second kappa shape index (κ2) is 8.13. The van der Waals surface area contributed by atoms with Crippen molar-refractivity contribution in [2.24, 2.45) is 0 Å². The van der Waals surface area contributed by atoms with Gasteiger partial charge in [-0.3, -0.25) is 9.80 Å². The van der Waals surface area contributed by atoms with E-state index in [0.29, 0.717) is 12.1 Å². The standard InChI is InChI=1S/C19H31N3O/c1-16-7-5-6-12-22(16)18(15-21-13-10-20-11-14-21)17-8-3-4-9-19(17)23-2/h3-4,8-9,16,18,20H,5-7,10-15H2,1-2H3. The number of likely N-dealkylation sites (tertiary alicyclic amines) is 1. The third-order valence-corrected chi connectivity index (χ3v) is 5.39. The molecule has 0 aromatic heterocycles. The SMILES string of the molecule is COc1ccccc1C(CN1CCNCC1)N1CCCCC1C. The van der Waals surface area contributed by atoms with Gasteiger partial charge in [0.05, 0.1) is 13.2 Å². The molecular formula is C19H31N3O. The topological polar surface area (TPSA) is 27.7 Å². The molecule has 128 valence electrons. The highest BCUT2D eigenvalue weighted by Crippen LogP contribution is 2.34. The molecule has 4 nitrogen and oxygen atoms in total. The highest BCUT2D eigenvalue weighted by Gasteiger charge is 2.30. The van der Waals surface area contributed by atoms with Crippen LogP contribution in [0.4, 0.5) is 0 Å². The Morgan fingerprint density at radius 3 is 2.70 bits per heavy atom. The molecule has 23 heavy (non-hydrogen) atoms. The quantitative estimate of drug-likeness (QED) is 0.903. The van der Waals surface area contributed by atoms with Crippen LogP contribution in [0.5, 0.6) is 5.75 Å². The molecule has 0 amide bonds. The Morgan fingerprint density at radius 1 is 1.17 bits per heavy atom. The summed E-state index contributed by atoms with van der Waals surface area (Å²) in [5.41, 5.74) is 1.35. The van der Waals surface area contributed by atoms with E-state index in [0.717, 1.165) is 38.5 Å². The number of para-hydroxylation sites is 1. The lowest BCUT2D eigenvalue weighted by atomic mass is 9.96. The number of hydrogen-bond acceptors (Lipinski definition) is 4. The monoisotopic (exact) mass is 317 g/mol. The van der Waals surface area contributed by atoms with Crippen molar-refractivity contribution < 1.29 is 4.74 Å². The summed E-state index contributed by atoms with van der Waals surface area (Å²) in [5, 5.41) is 3.46. The Hall–Kier alpha value is -1.10. The maximum absolute atomic E-state index is 5.68. The van der Waals surface area contributed by atoms with Crippen molar-refractivity contribution in [2.45, 2.75) is 38.3 Å². The van der Waals surface area contributed by atoms with Crippen molar-refractivity contribution in [3.63, 3.8) is 0 Å². The molecule has 1 aromatic carbocycles. The Bertz CT molecular complexity index is 487. The summed E-state index contributed by atoms with van der Waals surface area (Å²) in [5.74, 6) is 1.03. The van der Waals surface area contributed by atoms with Crippen LogP contribution in [0.2, 0.25) is 0 Å². The van der Waals surface area contributed by atoms with Gasteiger partial charge in [-0.25, -0.2) is 0 Å². The first-order chi connectivity index (χ1) is 11.3. The Kier molecular flexibility index (Phi) is 5.92. The molecule has 0 saturated carbocycles. The molecule has 2 heterocycles. The van der Waals surface area contributed by atoms with Crippen LogP contribution in [0.3, 0.4) is 0 Å². The first-order valence-corrected chi connectivity index (χ1v) is 9.11. The fourth-order valence-electron chi connectivity index (χ4n) is 4.05. The zero-order chi connectivity index (χ0) is 16.1. The van der Waals surface area contributed by atoms with Crippen LogP contribution < -0.4 is 10.1 Å². The number of benzene rings is 1. The van der Waals surface area contributed by atoms with Gasteiger partial charge >= 0.3 is 0 Å². The summed E-state index contributed by atoms with van der Waals surface area (Å²) >= 11 is 0. The average molecular weight is 317 g/mol. The van der Waals surface area contributed by atoms with Crippen LogP contribution in [0, 0.1) is 0 Å². The predicted molar refractivity (Wildman–Crippen MR) is 95.1 cm³/mol. The molecule has 2 unspecified atom stereocenters. The summed E-state index contributed by atoms with van der Waals surface area (Å²) in [7, 11) is 1.79. The van der Waals surface area contributed by atoms with Crippen LogP contribution >= 0.6 is 0 Å². The van der Waals surface area contributed by atoms with Crippen molar-refractivity contribution in [2.75, 3.05) is 46.4 Å². The van der Waals surface area contributed by atoms with Crippen LogP contribution in [0.25, 0.3) is 0 Å². The molecule has 2 aliphatic rings. The zero-order valence-corrected chi connectivity index (χ0v) is 14.6. The van der Waals surface area contributed by atoms with Gasteiger partial charge in [-0.15, -0.1) is 0 Å². The molecule has 3 rings (SSSR count). The molecule has 2 aliphatic heterocycles. The molecule has 0 aliphatic carbocycles. The van der Waals surface area contributed by atoms with Crippen LogP contribution in [-0.4, -0.2) is 62.2 Å². The normalized spacial score (nSPS) is 25.2. The molecule has 2 saturated heterocycles. The largest absolute Gasteiger partial charge is 0.496 e. The lowest BCUT2D eigenvalue weighted by Gasteiger charge is -2.43. The van der Waals surface area contributed by atoms with Crippen LogP contribution in [0.1, 0.15) is 37.8 Å². The molecule has 2 fully saturated rings. The lowest BCUT2D eigenvalue weighted by Crippen LogP contribution is -2.49. The molecule has 2 atom stereocenters. The minimum Gasteiger partial charge on any atom is -0.496 e. The van der Waals surface area contributed by atoms with Gasteiger partial charge in [-0.2, -0.15) is 0 Å². The number of piperazine rings is 1. The van der Waals surface area contributed by atoms with Crippen LogP contribution in [-0.2, 0) is 0 Å². The van der Waals surface area contributed by atoms with Gasteiger partial charge in [0, 0.05) is 44.3 Å². The van der Waals surface area contributed by atoms with Crippen molar-refractivity contribution in [3.8, 4) is 5.75 Å². The number of hydrogen-bond donors (Lipinski definition) is 1. The van der Waals surface area contributed by atoms with E-state index in [2.05, 4.69) is 46.3 Å². The summed E-state index contributed by atoms with van der Waals surface area (Å²) in [6.07, 6.45) is 3.99. The van der Waals surface area contributed by atoms with E-state index in [1.165, 1.54) is 31.4 Å². The second-order valence-electron chi connectivity index (χ2n) is 6.89. The molecule has 0 spiro atoms. The number of methoxy groups -OCH3 is 1. The van der Waals surface area contributed by atoms with Crippen molar-refractivity contribution in [1.29, 1.82) is 0 Å². The number of ether oxygens (including phenoxy) is 1. The van der Waals surface area contributed by atoms with Gasteiger partial charge in [0.15, 0.2) is 0 Å². The van der Waals surface area contributed by atoms with Gasteiger partial charge in [0.2, 0.25) is 0 Å². The van der Waals surface area contributed by atoms with Crippen molar-refractivity contribution in [3.05, 3.63) is 29.8 Å². The minimum atomic E-state index is 0.430. The molecule has 1 N–H and O–H groups in total. The van der Waals surface area contributed by atoms with E-state index < -0.39 is 0 Å².